The van der Waals surface area contributed by atoms with Gasteiger partial charge in [-0.2, -0.15) is 0 Å². The highest BCUT2D eigenvalue weighted by Crippen LogP contribution is 2.48. The Kier molecular flexibility index (Phi) is 26.5. The SMILES string of the molecule is C=C(C)C(=O)OCCC[Si]1(C)O[Si](O)(c2ccccc2)O[Si]2(CCCOC(=O)C(=C)C)O[Si](c3ccccc3)(O1)O[Si]1(CCCOC(=O)C(=C)C)O[Si]3(c4ccccc4)O[Si](O)(CCCOC(=O)C(=C)C)O[Si](O)(c4ccccc4)O[Si](CCCOC(=O)C(=C)C)(O3)O[Si](c3ccccc3)(O2)O1. The molecule has 4 aliphatic rings. The van der Waals surface area contributed by atoms with Crippen molar-refractivity contribution in [2.45, 2.75) is 103 Å². The maximum absolute atomic E-state index is 14.1. The lowest BCUT2D eigenvalue weighted by Gasteiger charge is -2.58. The predicted octanol–water partition coefficient (Wildman–Crippen LogP) is 5.84. The van der Waals surface area contributed by atoms with Gasteiger partial charge in [-0.15, -0.1) is 0 Å². The number of rotatable bonds is 30. The third kappa shape index (κ3) is 19.8. The molecule has 4 aliphatic heterocycles. The summed E-state index contributed by atoms with van der Waals surface area (Å²) in [5.74, 6) is -3.58. The van der Waals surface area contributed by atoms with E-state index in [2.05, 4.69) is 32.9 Å². The number of benzene rings is 5. The van der Waals surface area contributed by atoms with E-state index >= 15 is 0 Å². The Labute approximate surface area is 604 Å². The normalized spacial score (nSPS) is 29.1. The molecule has 4 saturated heterocycles. The van der Waals surface area contributed by atoms with Crippen LogP contribution >= 0.6 is 0 Å². The molecule has 9 rings (SSSR count). The fourth-order valence-corrected chi connectivity index (χ4v) is 63.3. The quantitative estimate of drug-likeness (QED) is 0.0160. The van der Waals surface area contributed by atoms with Crippen molar-refractivity contribution in [1.82, 2.24) is 0 Å². The number of hydrogen-bond acceptors (Lipinski definition) is 26. The van der Waals surface area contributed by atoms with Gasteiger partial charge in [0.1, 0.15) is 0 Å². The third-order valence-corrected chi connectivity index (χ3v) is 57.5. The van der Waals surface area contributed by atoms with Crippen molar-refractivity contribution in [2.75, 3.05) is 33.0 Å². The van der Waals surface area contributed by atoms with Gasteiger partial charge in [0.15, 0.2) is 0 Å². The molecule has 0 aliphatic carbocycles. The number of ether oxygens (including phenoxy) is 5. The maximum atomic E-state index is 14.1. The molecule has 546 valence electrons. The van der Waals surface area contributed by atoms with Crippen molar-refractivity contribution in [3.8, 4) is 0 Å². The molecule has 3 N–H and O–H groups in total. The standard InChI is InChI=1S/C66H86O26Si10/c1-52(2)62(67)75-42-27-47-93(11)80-98(73,57-32-17-12-18-33-57)84-95(49-29-44-77-64(69)54(5)6)86-100(81-93,59-36-21-14-22-37-59)90-97(51-31-46-79-66(71)56(9)10)91-101(60-38-23-15-24-39-60)83-94(72,48-28-43-76-63(68)53(3)4)82-99(74,58-34-19-13-20-35-58)85-96(87-101,50-30-45-78-65(70)55(7)8)89-102(88-95,92-97)61-40-25-16-26-41-61/h12-26,32-41,72-74H,1,3,5,7,9,27-31,42-51H2,2,4,6,8,10-11H3. The van der Waals surface area contributed by atoms with Gasteiger partial charge in [-0.25, -0.2) is 24.0 Å². The smallest absolute Gasteiger partial charge is 0.462 e. The van der Waals surface area contributed by atoms with Crippen molar-refractivity contribution in [3.63, 3.8) is 0 Å². The molecule has 36 heteroatoms. The molecule has 26 nitrogen and oxygen atoms in total. The van der Waals surface area contributed by atoms with Crippen LogP contribution in [0.2, 0.25) is 36.8 Å². The van der Waals surface area contributed by atoms with Gasteiger partial charge in [0.05, 0.1) is 33.0 Å². The average Bonchev–Trinajstić information content (AvgIpc) is 0.694. The van der Waals surface area contributed by atoms with Gasteiger partial charge in [0.2, 0.25) is 0 Å². The summed E-state index contributed by atoms with van der Waals surface area (Å²) in [6, 6.07) is 39.5. The van der Waals surface area contributed by atoms with Crippen LogP contribution in [0.1, 0.15) is 66.7 Å². The summed E-state index contributed by atoms with van der Waals surface area (Å²) in [7, 11) is -53.2. The second-order valence-electron chi connectivity index (χ2n) is 25.0. The van der Waals surface area contributed by atoms with Crippen LogP contribution in [0.15, 0.2) is 212 Å². The van der Waals surface area contributed by atoms with Crippen molar-refractivity contribution in [1.29, 1.82) is 0 Å². The van der Waals surface area contributed by atoms with Gasteiger partial charge >= 0.3 is 118 Å². The molecule has 0 spiro atoms. The van der Waals surface area contributed by atoms with Crippen molar-refractivity contribution in [2.24, 2.45) is 0 Å². The van der Waals surface area contributed by atoms with Crippen LogP contribution in [-0.4, -0.2) is 165 Å². The van der Waals surface area contributed by atoms with Crippen LogP contribution in [0, 0.1) is 0 Å². The first kappa shape index (κ1) is 79.8. The van der Waals surface area contributed by atoms with Crippen LogP contribution in [0.3, 0.4) is 0 Å². The molecule has 5 aromatic rings. The third-order valence-electron chi connectivity index (χ3n) is 15.8. The van der Waals surface area contributed by atoms with Gasteiger partial charge in [-0.1, -0.05) is 185 Å². The molecule has 6 bridgehead atoms. The fraction of sp³-hybridized carbons (Fsp3) is 0.318. The summed E-state index contributed by atoms with van der Waals surface area (Å²) in [6.07, 6.45) is -0.597. The molecular weight excluding hydrogens is 1490 g/mol. The fourth-order valence-electron chi connectivity index (χ4n) is 11.0. The van der Waals surface area contributed by atoms with Crippen LogP contribution < -0.4 is 25.9 Å². The minimum Gasteiger partial charge on any atom is -0.462 e. The largest absolute Gasteiger partial charge is 0.519 e. The van der Waals surface area contributed by atoms with E-state index in [1.807, 2.05) is 0 Å². The van der Waals surface area contributed by atoms with Gasteiger partial charge in [0, 0.05) is 78.0 Å². The molecule has 4 heterocycles. The first-order valence-corrected chi connectivity index (χ1v) is 52.0. The first-order valence-electron chi connectivity index (χ1n) is 33.1. The molecule has 0 radical (unpaired) electrons. The highest BCUT2D eigenvalue weighted by molar-refractivity contribution is 7.06. The van der Waals surface area contributed by atoms with Crippen molar-refractivity contribution in [3.05, 3.63) is 212 Å². The second-order valence-corrected chi connectivity index (χ2v) is 54.4. The Morgan fingerprint density at radius 3 is 0.833 bits per heavy atom. The Bertz CT molecular complexity index is 3660. The molecule has 0 aromatic heterocycles. The summed E-state index contributed by atoms with van der Waals surface area (Å²) < 4.78 is 130. The van der Waals surface area contributed by atoms with Crippen LogP contribution in [0.5, 0.6) is 0 Å². The molecule has 0 saturated carbocycles. The molecule has 5 aromatic carbocycles. The van der Waals surface area contributed by atoms with Gasteiger partial charge in [0.25, 0.3) is 0 Å². The van der Waals surface area contributed by atoms with E-state index in [4.69, 9.17) is 77.2 Å². The average molecular weight is 1580 g/mol. The van der Waals surface area contributed by atoms with Crippen LogP contribution in [0.25, 0.3) is 0 Å². The minimum atomic E-state index is -5.62. The van der Waals surface area contributed by atoms with E-state index in [0.717, 1.165) is 0 Å². The zero-order valence-electron chi connectivity index (χ0n) is 57.8. The van der Waals surface area contributed by atoms with Crippen molar-refractivity contribution >= 4 is 144 Å². The van der Waals surface area contributed by atoms with E-state index < -0.39 is 142 Å². The molecule has 102 heavy (non-hydrogen) atoms. The zero-order chi connectivity index (χ0) is 73.7. The number of fused-ring (bicyclic) bond motifs is 6. The lowest BCUT2D eigenvalue weighted by Crippen LogP contribution is -2.88. The Balaban J connectivity index is 1.42. The van der Waals surface area contributed by atoms with Gasteiger partial charge in [-0.3, -0.25) is 0 Å². The first-order chi connectivity index (χ1) is 48.4. The maximum Gasteiger partial charge on any atom is 0.519 e. The Hall–Kier alpha value is -6.32. The molecular formula is C66H86O26Si10. The number of carbonyl (C=O) groups excluding carboxylic acids is 5. The number of hydrogen-bond donors (Lipinski definition) is 3. The second kappa shape index (κ2) is 33.8. The molecule has 4 fully saturated rings. The number of esters is 5. The Morgan fingerprint density at radius 2 is 0.539 bits per heavy atom. The summed E-state index contributed by atoms with van der Waals surface area (Å²) >= 11 is 0. The summed E-state index contributed by atoms with van der Waals surface area (Å²) in [5.41, 5.74) is 0.522. The number of carbonyl (C=O) groups is 5. The zero-order valence-corrected chi connectivity index (χ0v) is 67.8. The van der Waals surface area contributed by atoms with Crippen LogP contribution in [-0.2, 0) is 101 Å². The Morgan fingerprint density at radius 1 is 0.304 bits per heavy atom. The topological polar surface area (TPSA) is 312 Å². The van der Waals surface area contributed by atoms with E-state index in [1.54, 1.807) is 146 Å². The van der Waals surface area contributed by atoms with Gasteiger partial charge in [-0.05, 0) is 79.3 Å². The van der Waals surface area contributed by atoms with E-state index in [0.29, 0.717) is 0 Å². The molecule has 0 amide bonds. The molecule has 10 atom stereocenters. The van der Waals surface area contributed by atoms with Crippen LogP contribution in [0.4, 0.5) is 0 Å². The summed E-state index contributed by atoms with van der Waals surface area (Å²) in [4.78, 5) is 108. The van der Waals surface area contributed by atoms with E-state index in [9.17, 15) is 38.4 Å². The predicted molar refractivity (Wildman–Crippen MR) is 391 cm³/mol. The summed E-state index contributed by atoms with van der Waals surface area (Å²) in [6.45, 7) is 26.4. The minimum absolute atomic E-state index is 0.0130. The van der Waals surface area contributed by atoms with Crippen molar-refractivity contribution < 1.29 is 116 Å². The lowest BCUT2D eigenvalue weighted by molar-refractivity contribution is -0.139. The summed E-state index contributed by atoms with van der Waals surface area (Å²) in [5, 5.41) is 0.612. The van der Waals surface area contributed by atoms with E-state index in [1.165, 1.54) is 46.8 Å². The highest BCUT2D eigenvalue weighted by atomic mass is 28.6. The molecule has 10 unspecified atom stereocenters. The highest BCUT2D eigenvalue weighted by Gasteiger charge is 2.80. The monoisotopic (exact) mass is 1570 g/mol. The van der Waals surface area contributed by atoms with E-state index in [-0.39, 0.29) is 125 Å². The lowest BCUT2D eigenvalue weighted by atomic mass is 10.4. The van der Waals surface area contributed by atoms with Gasteiger partial charge < -0.3 is 91.6 Å².